The van der Waals surface area contributed by atoms with E-state index in [1.54, 1.807) is 19.1 Å². The molecule has 2 aromatic rings. The maximum Gasteiger partial charge on any atom is 0.269 e. The maximum atomic E-state index is 11.9. The zero-order valence-electron chi connectivity index (χ0n) is 12.3. The quantitative estimate of drug-likeness (QED) is 0.493. The van der Waals surface area contributed by atoms with Gasteiger partial charge in [0.1, 0.15) is 0 Å². The van der Waals surface area contributed by atoms with E-state index in [4.69, 9.17) is 0 Å². The Morgan fingerprint density at radius 1 is 1.17 bits per heavy atom. The maximum absolute atomic E-state index is 11.9. The van der Waals surface area contributed by atoms with E-state index in [1.165, 1.54) is 12.1 Å². The van der Waals surface area contributed by atoms with Gasteiger partial charge in [0, 0.05) is 16.6 Å². The van der Waals surface area contributed by atoms with Gasteiger partial charge in [0.2, 0.25) is 5.91 Å². The second-order valence-electron chi connectivity index (χ2n) is 4.84. The van der Waals surface area contributed by atoms with Crippen molar-refractivity contribution < 1.29 is 9.72 Å². The van der Waals surface area contributed by atoms with Gasteiger partial charge in [-0.2, -0.15) is 5.10 Å². The highest BCUT2D eigenvalue weighted by molar-refractivity contribution is 9.10. The molecule has 7 heteroatoms. The number of rotatable bonds is 5. The van der Waals surface area contributed by atoms with Crippen molar-refractivity contribution in [2.24, 2.45) is 5.10 Å². The third-order valence-electron chi connectivity index (χ3n) is 3.12. The number of nitro benzene ring substituents is 1. The number of non-ortho nitro benzene ring substituents is 1. The first-order valence-electron chi connectivity index (χ1n) is 6.78. The van der Waals surface area contributed by atoms with Crippen LogP contribution in [0.1, 0.15) is 18.1 Å². The third-order valence-corrected chi connectivity index (χ3v) is 3.65. The molecule has 118 valence electrons. The summed E-state index contributed by atoms with van der Waals surface area (Å²) in [7, 11) is 0. The van der Waals surface area contributed by atoms with Gasteiger partial charge in [0.25, 0.3) is 5.69 Å². The molecule has 2 rings (SSSR count). The molecular weight excluding hydrogens is 362 g/mol. The largest absolute Gasteiger partial charge is 0.273 e. The Hall–Kier alpha value is -2.54. The Balaban J connectivity index is 1.95. The highest BCUT2D eigenvalue weighted by Gasteiger charge is 2.07. The normalized spacial score (nSPS) is 11.1. The molecule has 0 saturated carbocycles. The number of benzene rings is 2. The zero-order valence-corrected chi connectivity index (χ0v) is 13.9. The zero-order chi connectivity index (χ0) is 16.8. The minimum Gasteiger partial charge on any atom is -0.273 e. The minimum atomic E-state index is -0.476. The van der Waals surface area contributed by atoms with Gasteiger partial charge in [-0.05, 0) is 30.2 Å². The standard InChI is InChI=1S/C16H14BrN3O3/c1-11(13-4-6-14(17)7-5-13)18-19-16(21)10-12-2-8-15(9-3-12)20(22)23/h2-9H,10H2,1H3,(H,19,21)/b18-11-. The summed E-state index contributed by atoms with van der Waals surface area (Å²) in [6.07, 6.45) is 0.106. The van der Waals surface area contributed by atoms with E-state index in [-0.39, 0.29) is 18.0 Å². The Morgan fingerprint density at radius 3 is 2.35 bits per heavy atom. The minimum absolute atomic E-state index is 0.00161. The molecular formula is C16H14BrN3O3. The number of halogens is 1. The summed E-state index contributed by atoms with van der Waals surface area (Å²) in [6, 6.07) is 13.4. The van der Waals surface area contributed by atoms with Crippen LogP contribution in [0.25, 0.3) is 0 Å². The molecule has 23 heavy (non-hydrogen) atoms. The first kappa shape index (κ1) is 16.8. The molecule has 0 saturated heterocycles. The van der Waals surface area contributed by atoms with Crippen molar-refractivity contribution in [1.82, 2.24) is 5.43 Å². The van der Waals surface area contributed by atoms with Crippen LogP contribution in [-0.2, 0) is 11.2 Å². The van der Waals surface area contributed by atoms with Crippen molar-refractivity contribution in [3.05, 3.63) is 74.2 Å². The van der Waals surface area contributed by atoms with Crippen LogP contribution in [0.4, 0.5) is 5.69 Å². The Kier molecular flexibility index (Phi) is 5.59. The highest BCUT2D eigenvalue weighted by atomic mass is 79.9. The van der Waals surface area contributed by atoms with Crippen LogP contribution in [0, 0.1) is 10.1 Å². The van der Waals surface area contributed by atoms with Crippen LogP contribution in [0.15, 0.2) is 58.1 Å². The lowest BCUT2D eigenvalue weighted by atomic mass is 10.1. The monoisotopic (exact) mass is 375 g/mol. The van der Waals surface area contributed by atoms with Gasteiger partial charge in [0.05, 0.1) is 17.1 Å². The SMILES string of the molecule is C/C(=N/NC(=O)Cc1ccc([N+](=O)[O-])cc1)c1ccc(Br)cc1. The van der Waals surface area contributed by atoms with Crippen LogP contribution >= 0.6 is 15.9 Å². The smallest absolute Gasteiger partial charge is 0.269 e. The van der Waals surface area contributed by atoms with Crippen LogP contribution in [-0.4, -0.2) is 16.5 Å². The highest BCUT2D eigenvalue weighted by Crippen LogP contribution is 2.13. The molecule has 2 aromatic carbocycles. The molecule has 0 fully saturated rings. The fourth-order valence-corrected chi connectivity index (χ4v) is 2.13. The third kappa shape index (κ3) is 5.00. The fourth-order valence-electron chi connectivity index (χ4n) is 1.86. The molecule has 0 radical (unpaired) electrons. The van der Waals surface area contributed by atoms with Crippen molar-refractivity contribution in [3.8, 4) is 0 Å². The Morgan fingerprint density at radius 2 is 1.78 bits per heavy atom. The van der Waals surface area contributed by atoms with E-state index in [1.807, 2.05) is 24.3 Å². The number of nitro groups is 1. The predicted molar refractivity (Wildman–Crippen MR) is 91.3 cm³/mol. The number of nitrogens with one attached hydrogen (secondary N) is 1. The lowest BCUT2D eigenvalue weighted by Gasteiger charge is -2.03. The first-order chi connectivity index (χ1) is 11.0. The van der Waals surface area contributed by atoms with Crippen LogP contribution in [0.2, 0.25) is 0 Å². The van der Waals surface area contributed by atoms with Gasteiger partial charge < -0.3 is 0 Å². The number of carbonyl (C=O) groups excluding carboxylic acids is 1. The number of hydrogen-bond donors (Lipinski definition) is 1. The molecule has 0 aliphatic rings. The molecule has 0 aromatic heterocycles. The van der Waals surface area contributed by atoms with Gasteiger partial charge in [-0.3, -0.25) is 14.9 Å². The van der Waals surface area contributed by atoms with E-state index in [0.29, 0.717) is 11.3 Å². The van der Waals surface area contributed by atoms with Gasteiger partial charge in [-0.1, -0.05) is 40.2 Å². The summed E-state index contributed by atoms with van der Waals surface area (Å²) in [6.45, 7) is 1.80. The Labute approximate surface area is 141 Å². The summed E-state index contributed by atoms with van der Waals surface area (Å²) < 4.78 is 0.969. The van der Waals surface area contributed by atoms with Crippen molar-refractivity contribution in [2.75, 3.05) is 0 Å². The molecule has 0 atom stereocenters. The van der Waals surface area contributed by atoms with Crippen molar-refractivity contribution in [2.45, 2.75) is 13.3 Å². The van der Waals surface area contributed by atoms with Gasteiger partial charge in [0.15, 0.2) is 0 Å². The average molecular weight is 376 g/mol. The fraction of sp³-hybridized carbons (Fsp3) is 0.125. The van der Waals surface area contributed by atoms with Crippen molar-refractivity contribution in [3.63, 3.8) is 0 Å². The summed E-state index contributed by atoms with van der Waals surface area (Å²) in [4.78, 5) is 22.0. The van der Waals surface area contributed by atoms with Gasteiger partial charge in [-0.15, -0.1) is 0 Å². The van der Waals surface area contributed by atoms with E-state index in [9.17, 15) is 14.9 Å². The molecule has 0 heterocycles. The van der Waals surface area contributed by atoms with Crippen molar-refractivity contribution >= 4 is 33.2 Å². The molecule has 0 unspecified atom stereocenters. The first-order valence-corrected chi connectivity index (χ1v) is 7.57. The van der Waals surface area contributed by atoms with Crippen LogP contribution in [0.5, 0.6) is 0 Å². The number of hydrazone groups is 1. The second kappa shape index (κ2) is 7.64. The second-order valence-corrected chi connectivity index (χ2v) is 5.76. The summed E-state index contributed by atoms with van der Waals surface area (Å²) in [5.74, 6) is -0.282. The van der Waals surface area contributed by atoms with E-state index in [0.717, 1.165) is 10.0 Å². The van der Waals surface area contributed by atoms with Crippen LogP contribution in [0.3, 0.4) is 0 Å². The van der Waals surface area contributed by atoms with Crippen molar-refractivity contribution in [1.29, 1.82) is 0 Å². The summed E-state index contributed by atoms with van der Waals surface area (Å²) in [5, 5.41) is 14.6. The number of carbonyl (C=O) groups is 1. The van der Waals surface area contributed by atoms with E-state index in [2.05, 4.69) is 26.5 Å². The molecule has 1 N–H and O–H groups in total. The van der Waals surface area contributed by atoms with Gasteiger partial charge >= 0.3 is 0 Å². The number of nitrogens with zero attached hydrogens (tertiary/aromatic N) is 2. The lowest BCUT2D eigenvalue weighted by Crippen LogP contribution is -2.21. The molecule has 0 bridgehead atoms. The summed E-state index contributed by atoms with van der Waals surface area (Å²) >= 11 is 3.36. The number of amides is 1. The summed E-state index contributed by atoms with van der Waals surface area (Å²) in [5.41, 5.74) is 4.76. The topological polar surface area (TPSA) is 84.6 Å². The average Bonchev–Trinajstić information content (AvgIpc) is 2.54. The predicted octanol–water partition coefficient (Wildman–Crippen LogP) is 3.44. The molecule has 0 aliphatic heterocycles. The molecule has 1 amide bonds. The lowest BCUT2D eigenvalue weighted by molar-refractivity contribution is -0.384. The molecule has 6 nitrogen and oxygen atoms in total. The molecule has 0 aliphatic carbocycles. The van der Waals surface area contributed by atoms with Gasteiger partial charge in [-0.25, -0.2) is 5.43 Å². The van der Waals surface area contributed by atoms with E-state index < -0.39 is 4.92 Å². The number of hydrogen-bond acceptors (Lipinski definition) is 4. The van der Waals surface area contributed by atoms with Crippen LogP contribution < -0.4 is 5.43 Å². The van der Waals surface area contributed by atoms with E-state index >= 15 is 0 Å². The molecule has 0 spiro atoms. The Bertz CT molecular complexity index is 740.